The standard InChI is InChI=1S/C38H50F3N5O7S/c1-2-26-19-37(26,35(49)44-54(51,52)28-16-17-28)43-33(47)30-18-27-21-46(30)34(48)32(24-11-6-3-7-12-24)42-31(38(39,40)41)15-8-4-5-10-23-13-9-14-25-20-45(22-29(23)25)36(50)53-27/h2,9,13-14,24,26-28,30-32,42H,1,3-8,10-12,15-22H2,(H,43,47)(H,44,49)/t26-,27-,30+,31?,32+,37-/m1/s1. The molecule has 4 bridgehead atoms. The van der Waals surface area contributed by atoms with Crippen molar-refractivity contribution in [2.45, 2.75) is 144 Å². The first-order valence-electron chi connectivity index (χ1n) is 19.4. The minimum atomic E-state index is -4.64. The molecule has 6 atom stereocenters. The number of hydrogen-bond donors (Lipinski definition) is 3. The number of amides is 4. The van der Waals surface area contributed by atoms with E-state index in [2.05, 4.69) is 21.9 Å². The molecule has 1 saturated heterocycles. The van der Waals surface area contributed by atoms with Crippen LogP contribution in [-0.4, -0.2) is 89.8 Å². The molecule has 3 N–H and O–H groups in total. The Morgan fingerprint density at radius 3 is 2.37 bits per heavy atom. The summed E-state index contributed by atoms with van der Waals surface area (Å²) in [7, 11) is -3.96. The number of ether oxygens (including phenoxy) is 1. The van der Waals surface area contributed by atoms with Crippen LogP contribution in [0.25, 0.3) is 0 Å². The van der Waals surface area contributed by atoms with E-state index in [9.17, 15) is 40.8 Å². The molecule has 1 unspecified atom stereocenters. The summed E-state index contributed by atoms with van der Waals surface area (Å²) >= 11 is 0. The van der Waals surface area contributed by atoms with Crippen LogP contribution in [0.5, 0.6) is 0 Å². The molecule has 296 valence electrons. The van der Waals surface area contributed by atoms with Gasteiger partial charge >= 0.3 is 12.3 Å². The Kier molecular flexibility index (Phi) is 10.8. The third kappa shape index (κ3) is 8.00. The first-order valence-corrected chi connectivity index (χ1v) is 20.9. The molecule has 0 aromatic heterocycles. The van der Waals surface area contributed by atoms with Gasteiger partial charge in [0.15, 0.2) is 0 Å². The predicted molar refractivity (Wildman–Crippen MR) is 191 cm³/mol. The normalized spacial score (nSPS) is 31.3. The summed E-state index contributed by atoms with van der Waals surface area (Å²) in [6, 6.07) is 1.31. The van der Waals surface area contributed by atoms with E-state index in [0.29, 0.717) is 58.0 Å². The van der Waals surface area contributed by atoms with Gasteiger partial charge in [-0.1, -0.05) is 56.4 Å². The fourth-order valence-electron chi connectivity index (χ4n) is 8.92. The van der Waals surface area contributed by atoms with E-state index in [4.69, 9.17) is 4.74 Å². The van der Waals surface area contributed by atoms with Crippen molar-refractivity contribution in [3.05, 3.63) is 47.5 Å². The number of halogens is 3. The molecule has 0 radical (unpaired) electrons. The van der Waals surface area contributed by atoms with Gasteiger partial charge in [0.2, 0.25) is 21.8 Å². The predicted octanol–water partition coefficient (Wildman–Crippen LogP) is 4.36. The van der Waals surface area contributed by atoms with Crippen LogP contribution in [0, 0.1) is 11.8 Å². The lowest BCUT2D eigenvalue weighted by atomic mass is 9.82. The van der Waals surface area contributed by atoms with E-state index in [0.717, 1.165) is 36.0 Å². The van der Waals surface area contributed by atoms with Gasteiger partial charge in [-0.05, 0) is 74.0 Å². The highest BCUT2D eigenvalue weighted by Gasteiger charge is 2.62. The highest BCUT2D eigenvalue weighted by molar-refractivity contribution is 7.91. The zero-order valence-corrected chi connectivity index (χ0v) is 31.2. The molecule has 1 aromatic rings. The van der Waals surface area contributed by atoms with E-state index in [-0.39, 0.29) is 32.2 Å². The Hall–Kier alpha value is -3.66. The molecule has 54 heavy (non-hydrogen) atoms. The van der Waals surface area contributed by atoms with Crippen molar-refractivity contribution >= 4 is 33.8 Å². The lowest BCUT2D eigenvalue weighted by molar-refractivity contribution is -0.164. The maximum absolute atomic E-state index is 14.7. The molecular weight excluding hydrogens is 728 g/mol. The quantitative estimate of drug-likeness (QED) is 0.346. The Balaban J connectivity index is 1.19. The van der Waals surface area contributed by atoms with Crippen molar-refractivity contribution in [1.29, 1.82) is 0 Å². The van der Waals surface area contributed by atoms with Crippen LogP contribution in [-0.2, 0) is 48.7 Å². The number of sulfonamides is 1. The van der Waals surface area contributed by atoms with E-state index >= 15 is 0 Å². The van der Waals surface area contributed by atoms with Crippen LogP contribution in [0.4, 0.5) is 18.0 Å². The minimum Gasteiger partial charge on any atom is -0.444 e. The third-order valence-electron chi connectivity index (χ3n) is 12.3. The summed E-state index contributed by atoms with van der Waals surface area (Å²) in [6.45, 7) is 4.11. The summed E-state index contributed by atoms with van der Waals surface area (Å²) in [6.07, 6.45) is 1.38. The molecule has 3 aliphatic heterocycles. The molecule has 3 saturated carbocycles. The fourth-order valence-corrected chi connectivity index (χ4v) is 10.3. The Labute approximate surface area is 314 Å². The Bertz CT molecular complexity index is 1760. The second-order valence-corrected chi connectivity index (χ2v) is 18.0. The topological polar surface area (TPSA) is 154 Å². The molecule has 3 heterocycles. The highest BCUT2D eigenvalue weighted by atomic mass is 32.2. The molecule has 12 nitrogen and oxygen atoms in total. The first kappa shape index (κ1) is 38.6. The maximum Gasteiger partial charge on any atom is 0.410 e. The molecule has 16 heteroatoms. The fraction of sp³-hybridized carbons (Fsp3) is 0.684. The smallest absolute Gasteiger partial charge is 0.410 e. The molecule has 4 amide bonds. The Morgan fingerprint density at radius 2 is 1.69 bits per heavy atom. The van der Waals surface area contributed by atoms with E-state index in [1.165, 1.54) is 11.0 Å². The molecule has 3 aliphatic carbocycles. The minimum absolute atomic E-state index is 0.0738. The molecule has 1 aromatic carbocycles. The van der Waals surface area contributed by atoms with Crippen LogP contribution in [0.1, 0.15) is 100 Å². The molecule has 6 aliphatic rings. The monoisotopic (exact) mass is 777 g/mol. The van der Waals surface area contributed by atoms with Gasteiger partial charge in [-0.25, -0.2) is 13.2 Å². The number of rotatable bonds is 7. The first-order chi connectivity index (χ1) is 25.7. The van der Waals surface area contributed by atoms with E-state index in [1.54, 1.807) is 4.90 Å². The lowest BCUT2D eigenvalue weighted by Crippen LogP contribution is -2.61. The van der Waals surface area contributed by atoms with Gasteiger partial charge in [0, 0.05) is 25.4 Å². The van der Waals surface area contributed by atoms with Crippen LogP contribution in [0.3, 0.4) is 0 Å². The molecule has 4 fully saturated rings. The molecule has 0 spiro atoms. The summed E-state index contributed by atoms with van der Waals surface area (Å²) < 4.78 is 77.5. The zero-order valence-electron chi connectivity index (χ0n) is 30.4. The zero-order chi connectivity index (χ0) is 38.4. The van der Waals surface area contributed by atoms with E-state index < -0.39 is 86.9 Å². The average Bonchev–Trinajstić information content (AvgIpc) is 4.02. The van der Waals surface area contributed by atoms with Gasteiger partial charge < -0.3 is 15.0 Å². The number of nitrogens with one attached hydrogen (secondary N) is 3. The number of carbonyl (C=O) groups excluding carboxylic acids is 4. The van der Waals surface area contributed by atoms with Crippen LogP contribution >= 0.6 is 0 Å². The number of fused-ring (bicyclic) bond motifs is 3. The van der Waals surface area contributed by atoms with Crippen LogP contribution < -0.4 is 15.4 Å². The number of nitrogens with zero attached hydrogens (tertiary/aromatic N) is 2. The Morgan fingerprint density at radius 1 is 0.981 bits per heavy atom. The summed E-state index contributed by atoms with van der Waals surface area (Å²) in [5, 5.41) is 4.75. The van der Waals surface area contributed by atoms with Crippen LogP contribution in [0.15, 0.2) is 30.9 Å². The number of carbonyl (C=O) groups is 4. The second-order valence-electron chi connectivity index (χ2n) is 16.1. The second kappa shape index (κ2) is 15.1. The summed E-state index contributed by atoms with van der Waals surface area (Å²) in [4.78, 5) is 58.9. The van der Waals surface area contributed by atoms with Crippen LogP contribution in [0.2, 0.25) is 0 Å². The van der Waals surface area contributed by atoms with Crippen molar-refractivity contribution in [3.63, 3.8) is 0 Å². The summed E-state index contributed by atoms with van der Waals surface area (Å²) in [5.41, 5.74) is 1.36. The number of benzene rings is 1. The summed E-state index contributed by atoms with van der Waals surface area (Å²) in [5.74, 6) is -3.40. The number of aryl methyl sites for hydroxylation is 1. The lowest BCUT2D eigenvalue weighted by Gasteiger charge is -2.37. The SMILES string of the molecule is C=C[C@@H]1C[C@]1(NC(=O)[C@@H]1C[C@@H]2CN1C(=O)[C@H](C1CCCCC1)NC(C(F)(F)F)CCCCCc1cccc3c1CN(C3)C(=O)O2)C(=O)NS(=O)(=O)C1CC1. The van der Waals surface area contributed by atoms with Crippen molar-refractivity contribution in [2.24, 2.45) is 11.8 Å². The average molecular weight is 778 g/mol. The van der Waals surface area contributed by atoms with Gasteiger partial charge in [-0.3, -0.25) is 29.3 Å². The van der Waals surface area contributed by atoms with Gasteiger partial charge in [-0.2, -0.15) is 13.2 Å². The maximum atomic E-state index is 14.7. The van der Waals surface area contributed by atoms with Gasteiger partial charge in [0.05, 0.1) is 17.8 Å². The highest BCUT2D eigenvalue weighted by Crippen LogP contribution is 2.46. The van der Waals surface area contributed by atoms with Gasteiger partial charge in [-0.15, -0.1) is 6.58 Å². The van der Waals surface area contributed by atoms with Crippen molar-refractivity contribution in [1.82, 2.24) is 25.2 Å². The van der Waals surface area contributed by atoms with Gasteiger partial charge in [0.1, 0.15) is 23.7 Å². The van der Waals surface area contributed by atoms with Crippen molar-refractivity contribution in [2.75, 3.05) is 6.54 Å². The third-order valence-corrected chi connectivity index (χ3v) is 14.1. The largest absolute Gasteiger partial charge is 0.444 e. The van der Waals surface area contributed by atoms with E-state index in [1.807, 2.05) is 18.2 Å². The molecule has 7 rings (SSSR count). The van der Waals surface area contributed by atoms with Crippen molar-refractivity contribution < 1.29 is 45.5 Å². The van der Waals surface area contributed by atoms with Crippen molar-refractivity contribution in [3.8, 4) is 0 Å². The van der Waals surface area contributed by atoms with Gasteiger partial charge in [0.25, 0.3) is 5.91 Å². The number of hydrogen-bond acceptors (Lipinski definition) is 8. The number of alkyl halides is 3. The molecular formula is C38H50F3N5O7S.